The van der Waals surface area contributed by atoms with Crippen molar-refractivity contribution in [2.45, 2.75) is 19.5 Å². The molecule has 1 aromatic heterocycles. The summed E-state index contributed by atoms with van der Waals surface area (Å²) >= 11 is 0. The molecule has 158 valence electrons. The smallest absolute Gasteiger partial charge is 0.296 e. The largest absolute Gasteiger partial charge is 0.507 e. The van der Waals surface area contributed by atoms with Crippen molar-refractivity contribution < 1.29 is 28.2 Å². The summed E-state index contributed by atoms with van der Waals surface area (Å²) < 4.78 is 24.3. The normalized spacial score (nSPS) is 17.9. The van der Waals surface area contributed by atoms with Crippen LogP contribution < -0.4 is 4.74 Å². The number of hydrogen-bond donors (Lipinski definition) is 1. The van der Waals surface area contributed by atoms with Crippen molar-refractivity contribution >= 4 is 17.4 Å². The minimum Gasteiger partial charge on any atom is -0.507 e. The molecule has 4 rings (SSSR count). The summed E-state index contributed by atoms with van der Waals surface area (Å²) in [7, 11) is 0. The SMILES string of the molecule is CCOc1cccc(C(O)=C2C(=O)C(=O)N(Cc3ccco3)C2c2ccc(F)cc2)c1. The molecule has 0 spiro atoms. The molecule has 6 nitrogen and oxygen atoms in total. The van der Waals surface area contributed by atoms with E-state index < -0.39 is 23.5 Å². The maximum Gasteiger partial charge on any atom is 0.296 e. The number of carbonyl (C=O) groups is 2. The molecule has 2 heterocycles. The van der Waals surface area contributed by atoms with Gasteiger partial charge in [-0.15, -0.1) is 0 Å². The van der Waals surface area contributed by atoms with E-state index in [1.165, 1.54) is 35.4 Å². The zero-order valence-corrected chi connectivity index (χ0v) is 16.7. The van der Waals surface area contributed by atoms with Crippen molar-refractivity contribution in [2.75, 3.05) is 6.61 Å². The molecule has 1 saturated heterocycles. The number of furan rings is 1. The molecule has 0 radical (unpaired) electrons. The van der Waals surface area contributed by atoms with E-state index in [2.05, 4.69) is 0 Å². The van der Waals surface area contributed by atoms with Crippen LogP contribution in [0.4, 0.5) is 4.39 Å². The molecule has 1 aliphatic rings. The van der Waals surface area contributed by atoms with Crippen molar-refractivity contribution in [1.29, 1.82) is 0 Å². The Balaban J connectivity index is 1.84. The van der Waals surface area contributed by atoms with E-state index in [0.29, 0.717) is 29.2 Å². The molecule has 1 N–H and O–H groups in total. The Morgan fingerprint density at radius 1 is 1.13 bits per heavy atom. The van der Waals surface area contributed by atoms with Crippen LogP contribution in [0.3, 0.4) is 0 Å². The van der Waals surface area contributed by atoms with E-state index in [0.717, 1.165) is 0 Å². The van der Waals surface area contributed by atoms with Crippen LogP contribution in [0.2, 0.25) is 0 Å². The molecule has 1 atom stereocenters. The number of amides is 1. The zero-order valence-electron chi connectivity index (χ0n) is 16.7. The summed E-state index contributed by atoms with van der Waals surface area (Å²) in [6.45, 7) is 2.30. The first-order valence-corrected chi connectivity index (χ1v) is 9.79. The molecular weight excluding hydrogens is 401 g/mol. The van der Waals surface area contributed by atoms with Crippen LogP contribution in [-0.4, -0.2) is 28.3 Å². The van der Waals surface area contributed by atoms with Crippen LogP contribution in [0.5, 0.6) is 5.75 Å². The van der Waals surface area contributed by atoms with Crippen LogP contribution in [0, 0.1) is 5.82 Å². The number of aliphatic hydroxyl groups is 1. The van der Waals surface area contributed by atoms with Crippen LogP contribution in [0.1, 0.15) is 29.9 Å². The van der Waals surface area contributed by atoms with Crippen molar-refractivity contribution in [2.24, 2.45) is 0 Å². The Hall–Kier alpha value is -3.87. The van der Waals surface area contributed by atoms with Crippen molar-refractivity contribution in [3.05, 3.63) is 95.2 Å². The molecule has 0 aliphatic carbocycles. The molecular formula is C24H20FNO5. The third-order valence-corrected chi connectivity index (χ3v) is 5.05. The number of likely N-dealkylation sites (tertiary alicyclic amines) is 1. The lowest BCUT2D eigenvalue weighted by atomic mass is 9.95. The highest BCUT2D eigenvalue weighted by Crippen LogP contribution is 2.40. The van der Waals surface area contributed by atoms with Gasteiger partial charge < -0.3 is 19.2 Å². The standard InChI is InChI=1S/C24H20FNO5/c1-2-30-18-6-3-5-16(13-18)22(27)20-21(15-8-10-17(25)11-9-15)26(24(29)23(20)28)14-19-7-4-12-31-19/h3-13,21,27H,2,14H2,1H3. The molecule has 31 heavy (non-hydrogen) atoms. The van der Waals surface area contributed by atoms with Crippen LogP contribution in [0.25, 0.3) is 5.76 Å². The summed E-state index contributed by atoms with van der Waals surface area (Å²) in [6.07, 6.45) is 1.47. The number of carbonyl (C=O) groups excluding carboxylic acids is 2. The molecule has 0 saturated carbocycles. The number of Topliss-reactive ketones (excluding diaryl/α,β-unsaturated/α-hetero) is 1. The topological polar surface area (TPSA) is 80.0 Å². The Kier molecular flexibility index (Phi) is 5.58. The van der Waals surface area contributed by atoms with E-state index in [1.807, 2.05) is 6.92 Å². The monoisotopic (exact) mass is 421 g/mol. The molecule has 7 heteroatoms. The van der Waals surface area contributed by atoms with Gasteiger partial charge in [0, 0.05) is 5.56 Å². The number of benzene rings is 2. The second kappa shape index (κ2) is 8.47. The third kappa shape index (κ3) is 3.94. The number of aliphatic hydroxyl groups excluding tert-OH is 1. The highest BCUT2D eigenvalue weighted by molar-refractivity contribution is 6.46. The molecule has 1 amide bonds. The second-order valence-electron chi connectivity index (χ2n) is 7.02. The summed E-state index contributed by atoms with van der Waals surface area (Å²) in [5, 5.41) is 11.1. The average Bonchev–Trinajstić information content (AvgIpc) is 3.37. The fraction of sp³-hybridized carbons (Fsp3) is 0.167. The fourth-order valence-electron chi connectivity index (χ4n) is 3.66. The average molecular weight is 421 g/mol. The number of rotatable bonds is 6. The van der Waals surface area contributed by atoms with Gasteiger partial charge in [0.15, 0.2) is 0 Å². The Bertz CT molecular complexity index is 1140. The first kappa shape index (κ1) is 20.4. The van der Waals surface area contributed by atoms with E-state index in [9.17, 15) is 19.1 Å². The lowest BCUT2D eigenvalue weighted by Gasteiger charge is -2.24. The predicted molar refractivity (Wildman–Crippen MR) is 111 cm³/mol. The van der Waals surface area contributed by atoms with E-state index in [4.69, 9.17) is 9.15 Å². The van der Waals surface area contributed by atoms with Gasteiger partial charge in [0.25, 0.3) is 11.7 Å². The third-order valence-electron chi connectivity index (χ3n) is 5.05. The molecule has 1 fully saturated rings. The fourth-order valence-corrected chi connectivity index (χ4v) is 3.66. The van der Waals surface area contributed by atoms with Gasteiger partial charge in [-0.05, 0) is 48.9 Å². The van der Waals surface area contributed by atoms with Crippen molar-refractivity contribution in [3.8, 4) is 5.75 Å². The minimum absolute atomic E-state index is 0.0232. The van der Waals surface area contributed by atoms with Crippen molar-refractivity contribution in [1.82, 2.24) is 4.90 Å². The Labute approximate surface area is 178 Å². The van der Waals surface area contributed by atoms with Gasteiger partial charge in [0.05, 0.1) is 31.0 Å². The van der Waals surface area contributed by atoms with Gasteiger partial charge in [-0.25, -0.2) is 4.39 Å². The first-order chi connectivity index (χ1) is 15.0. The lowest BCUT2D eigenvalue weighted by molar-refractivity contribution is -0.140. The molecule has 0 bridgehead atoms. The van der Waals surface area contributed by atoms with Gasteiger partial charge in [-0.3, -0.25) is 9.59 Å². The molecule has 2 aromatic carbocycles. The van der Waals surface area contributed by atoms with E-state index in [1.54, 1.807) is 36.4 Å². The van der Waals surface area contributed by atoms with Gasteiger partial charge in [0.1, 0.15) is 23.1 Å². The predicted octanol–water partition coefficient (Wildman–Crippen LogP) is 4.44. The Morgan fingerprint density at radius 3 is 2.58 bits per heavy atom. The van der Waals surface area contributed by atoms with Crippen molar-refractivity contribution in [3.63, 3.8) is 0 Å². The minimum atomic E-state index is -0.901. The summed E-state index contributed by atoms with van der Waals surface area (Å²) in [5.74, 6) is -1.36. The summed E-state index contributed by atoms with van der Waals surface area (Å²) in [6, 6.07) is 14.6. The quantitative estimate of drug-likeness (QED) is 0.362. The van der Waals surface area contributed by atoms with Gasteiger partial charge >= 0.3 is 0 Å². The second-order valence-corrected chi connectivity index (χ2v) is 7.02. The first-order valence-electron chi connectivity index (χ1n) is 9.79. The maximum absolute atomic E-state index is 13.5. The highest BCUT2D eigenvalue weighted by Gasteiger charge is 2.46. The highest BCUT2D eigenvalue weighted by atomic mass is 19.1. The van der Waals surface area contributed by atoms with Crippen LogP contribution in [0.15, 0.2) is 76.9 Å². The van der Waals surface area contributed by atoms with Gasteiger partial charge in [-0.1, -0.05) is 24.3 Å². The molecule has 1 unspecified atom stereocenters. The number of nitrogens with zero attached hydrogens (tertiary/aromatic N) is 1. The number of hydrogen-bond acceptors (Lipinski definition) is 5. The van der Waals surface area contributed by atoms with Crippen LogP contribution >= 0.6 is 0 Å². The Morgan fingerprint density at radius 2 is 1.90 bits per heavy atom. The number of halogens is 1. The van der Waals surface area contributed by atoms with Crippen LogP contribution in [-0.2, 0) is 16.1 Å². The number of ketones is 1. The van der Waals surface area contributed by atoms with Gasteiger partial charge in [-0.2, -0.15) is 0 Å². The summed E-state index contributed by atoms with van der Waals surface area (Å²) in [5.41, 5.74) is 0.764. The van der Waals surface area contributed by atoms with E-state index in [-0.39, 0.29) is 17.9 Å². The maximum atomic E-state index is 13.5. The zero-order chi connectivity index (χ0) is 22.0. The summed E-state index contributed by atoms with van der Waals surface area (Å²) in [4.78, 5) is 27.2. The number of ether oxygens (including phenoxy) is 1. The van der Waals surface area contributed by atoms with Gasteiger partial charge in [0.2, 0.25) is 0 Å². The van der Waals surface area contributed by atoms with E-state index >= 15 is 0 Å². The molecule has 3 aromatic rings. The molecule has 1 aliphatic heterocycles. The lowest BCUT2D eigenvalue weighted by Crippen LogP contribution is -2.29.